The Hall–Kier alpha value is -0.970. The second-order valence-electron chi connectivity index (χ2n) is 5.37. The van der Waals surface area contributed by atoms with E-state index < -0.39 is 0 Å². The first-order chi connectivity index (χ1) is 9.13. The van der Waals surface area contributed by atoms with Crippen LogP contribution < -0.4 is 10.2 Å². The molecule has 0 aromatic carbocycles. The van der Waals surface area contributed by atoms with Crippen LogP contribution in [0.4, 0.5) is 11.6 Å². The van der Waals surface area contributed by atoms with E-state index in [-0.39, 0.29) is 0 Å². The summed E-state index contributed by atoms with van der Waals surface area (Å²) in [6.45, 7) is 9.83. The van der Waals surface area contributed by atoms with Crippen LogP contribution in [0.3, 0.4) is 0 Å². The summed E-state index contributed by atoms with van der Waals surface area (Å²) in [5, 5.41) is 4.14. The Balaban J connectivity index is 2.17. The third-order valence-corrected chi connectivity index (χ3v) is 4.27. The normalized spacial score (nSPS) is 19.2. The third kappa shape index (κ3) is 3.53. The summed E-state index contributed by atoms with van der Waals surface area (Å²) in [7, 11) is 0. The van der Waals surface area contributed by atoms with Crippen LogP contribution in [0.25, 0.3) is 0 Å². The van der Waals surface area contributed by atoms with E-state index in [1.54, 1.807) is 11.8 Å². The molecular weight excluding hydrogens is 256 g/mol. The zero-order valence-corrected chi connectivity index (χ0v) is 13.1. The quantitative estimate of drug-likeness (QED) is 0.663. The lowest BCUT2D eigenvalue weighted by Gasteiger charge is -2.20. The van der Waals surface area contributed by atoms with E-state index in [4.69, 9.17) is 0 Å². The van der Waals surface area contributed by atoms with Crippen molar-refractivity contribution in [2.45, 2.75) is 32.3 Å². The lowest BCUT2D eigenvalue weighted by Crippen LogP contribution is -2.22. The molecule has 2 rings (SSSR count). The van der Waals surface area contributed by atoms with Crippen LogP contribution in [-0.2, 0) is 0 Å². The van der Waals surface area contributed by atoms with Crippen LogP contribution >= 0.6 is 11.8 Å². The standard InChI is InChI=1S/C14H24N4S/c1-5-15-12-8-13(17-14(16-12)19-4)18-7-6-11(9-18)10(2)3/h8,10-11H,5-7,9H2,1-4H3,(H,15,16,17). The molecule has 4 nitrogen and oxygen atoms in total. The lowest BCUT2D eigenvalue weighted by atomic mass is 9.95. The van der Waals surface area contributed by atoms with Gasteiger partial charge >= 0.3 is 0 Å². The topological polar surface area (TPSA) is 41.0 Å². The fraction of sp³-hybridized carbons (Fsp3) is 0.714. The number of aromatic nitrogens is 2. The van der Waals surface area contributed by atoms with Crippen LogP contribution in [-0.4, -0.2) is 35.9 Å². The molecule has 5 heteroatoms. The highest BCUT2D eigenvalue weighted by Crippen LogP contribution is 2.29. The zero-order valence-electron chi connectivity index (χ0n) is 12.3. The van der Waals surface area contributed by atoms with Crippen molar-refractivity contribution in [2.75, 3.05) is 36.1 Å². The van der Waals surface area contributed by atoms with Gasteiger partial charge in [-0.05, 0) is 31.4 Å². The second-order valence-corrected chi connectivity index (χ2v) is 6.14. The first-order valence-corrected chi connectivity index (χ1v) is 8.28. The molecule has 1 fully saturated rings. The van der Waals surface area contributed by atoms with Gasteiger partial charge in [0.05, 0.1) is 0 Å². The van der Waals surface area contributed by atoms with Gasteiger partial charge in [-0.3, -0.25) is 0 Å². The Morgan fingerprint density at radius 1 is 1.47 bits per heavy atom. The Kier molecular flexibility index (Phi) is 4.91. The third-order valence-electron chi connectivity index (χ3n) is 3.72. The predicted molar refractivity (Wildman–Crippen MR) is 83.1 cm³/mol. The van der Waals surface area contributed by atoms with Crippen molar-refractivity contribution >= 4 is 23.4 Å². The largest absolute Gasteiger partial charge is 0.370 e. The van der Waals surface area contributed by atoms with E-state index in [2.05, 4.69) is 47.0 Å². The molecule has 19 heavy (non-hydrogen) atoms. The summed E-state index contributed by atoms with van der Waals surface area (Å²) in [6.07, 6.45) is 3.29. The average molecular weight is 280 g/mol. The molecule has 1 aliphatic heterocycles. The molecule has 1 aromatic heterocycles. The van der Waals surface area contributed by atoms with E-state index in [1.807, 2.05) is 6.26 Å². The zero-order chi connectivity index (χ0) is 13.8. The fourth-order valence-corrected chi connectivity index (χ4v) is 2.85. The van der Waals surface area contributed by atoms with Gasteiger partial charge < -0.3 is 10.2 Å². The summed E-state index contributed by atoms with van der Waals surface area (Å²) in [5.74, 6) is 3.54. The maximum absolute atomic E-state index is 4.65. The molecule has 0 bridgehead atoms. The number of rotatable bonds is 5. The molecule has 106 valence electrons. The summed E-state index contributed by atoms with van der Waals surface area (Å²) in [6, 6.07) is 2.08. The summed E-state index contributed by atoms with van der Waals surface area (Å²) < 4.78 is 0. The molecule has 0 amide bonds. The van der Waals surface area contributed by atoms with Gasteiger partial charge in [0, 0.05) is 25.7 Å². The number of nitrogens with zero attached hydrogens (tertiary/aromatic N) is 3. The predicted octanol–water partition coefficient (Wildman–Crippen LogP) is 3.11. The molecule has 0 saturated carbocycles. The molecule has 1 saturated heterocycles. The molecule has 1 N–H and O–H groups in total. The molecule has 1 atom stereocenters. The Morgan fingerprint density at radius 2 is 2.26 bits per heavy atom. The van der Waals surface area contributed by atoms with E-state index in [0.717, 1.165) is 48.3 Å². The molecular formula is C14H24N4S. The first kappa shape index (κ1) is 14.4. The molecule has 0 spiro atoms. The number of anilines is 2. The second kappa shape index (κ2) is 6.46. The molecule has 1 unspecified atom stereocenters. The van der Waals surface area contributed by atoms with Crippen molar-refractivity contribution in [2.24, 2.45) is 11.8 Å². The minimum Gasteiger partial charge on any atom is -0.370 e. The van der Waals surface area contributed by atoms with Gasteiger partial charge in [-0.2, -0.15) is 0 Å². The fourth-order valence-electron chi connectivity index (χ4n) is 2.48. The van der Waals surface area contributed by atoms with Crippen molar-refractivity contribution in [3.63, 3.8) is 0 Å². The van der Waals surface area contributed by atoms with Crippen LogP contribution in [0.5, 0.6) is 0 Å². The Bertz CT molecular complexity index is 422. The molecule has 0 aliphatic carbocycles. The van der Waals surface area contributed by atoms with Gasteiger partial charge in [-0.25, -0.2) is 9.97 Å². The number of thioether (sulfide) groups is 1. The van der Waals surface area contributed by atoms with Gasteiger partial charge in [0.2, 0.25) is 0 Å². The van der Waals surface area contributed by atoms with E-state index in [9.17, 15) is 0 Å². The SMILES string of the molecule is CCNc1cc(N2CCC(C(C)C)C2)nc(SC)n1. The Morgan fingerprint density at radius 3 is 2.84 bits per heavy atom. The maximum Gasteiger partial charge on any atom is 0.191 e. The molecule has 2 heterocycles. The summed E-state index contributed by atoms with van der Waals surface area (Å²) in [5.41, 5.74) is 0. The van der Waals surface area contributed by atoms with Crippen LogP contribution in [0.1, 0.15) is 27.2 Å². The Labute approximate surface area is 120 Å². The highest BCUT2D eigenvalue weighted by molar-refractivity contribution is 7.98. The van der Waals surface area contributed by atoms with Crippen LogP contribution in [0, 0.1) is 11.8 Å². The van der Waals surface area contributed by atoms with Gasteiger partial charge in [0.15, 0.2) is 5.16 Å². The van der Waals surface area contributed by atoms with Crippen molar-refractivity contribution in [3.8, 4) is 0 Å². The highest BCUT2D eigenvalue weighted by Gasteiger charge is 2.26. The number of hydrogen-bond donors (Lipinski definition) is 1. The van der Waals surface area contributed by atoms with E-state index in [1.165, 1.54) is 6.42 Å². The number of hydrogen-bond acceptors (Lipinski definition) is 5. The van der Waals surface area contributed by atoms with E-state index >= 15 is 0 Å². The van der Waals surface area contributed by atoms with Crippen molar-refractivity contribution in [1.82, 2.24) is 9.97 Å². The average Bonchev–Trinajstić information content (AvgIpc) is 2.88. The molecule has 0 radical (unpaired) electrons. The van der Waals surface area contributed by atoms with Crippen molar-refractivity contribution in [1.29, 1.82) is 0 Å². The van der Waals surface area contributed by atoms with Gasteiger partial charge in [0.1, 0.15) is 11.6 Å². The maximum atomic E-state index is 4.65. The van der Waals surface area contributed by atoms with Crippen molar-refractivity contribution < 1.29 is 0 Å². The van der Waals surface area contributed by atoms with Gasteiger partial charge in [-0.1, -0.05) is 25.6 Å². The molecule has 1 aliphatic rings. The lowest BCUT2D eigenvalue weighted by molar-refractivity contribution is 0.422. The van der Waals surface area contributed by atoms with Gasteiger partial charge in [0.25, 0.3) is 0 Å². The minimum absolute atomic E-state index is 0.750. The number of nitrogens with one attached hydrogen (secondary N) is 1. The molecule has 1 aromatic rings. The monoisotopic (exact) mass is 280 g/mol. The smallest absolute Gasteiger partial charge is 0.191 e. The summed E-state index contributed by atoms with van der Waals surface area (Å²) in [4.78, 5) is 11.5. The van der Waals surface area contributed by atoms with Crippen LogP contribution in [0.15, 0.2) is 11.2 Å². The minimum atomic E-state index is 0.750. The van der Waals surface area contributed by atoms with E-state index in [0.29, 0.717) is 0 Å². The van der Waals surface area contributed by atoms with Crippen molar-refractivity contribution in [3.05, 3.63) is 6.07 Å². The summed E-state index contributed by atoms with van der Waals surface area (Å²) >= 11 is 1.60. The van der Waals surface area contributed by atoms with Crippen LogP contribution in [0.2, 0.25) is 0 Å². The highest BCUT2D eigenvalue weighted by atomic mass is 32.2. The first-order valence-electron chi connectivity index (χ1n) is 7.06. The van der Waals surface area contributed by atoms with Gasteiger partial charge in [-0.15, -0.1) is 0 Å².